The van der Waals surface area contributed by atoms with E-state index in [1.807, 2.05) is 0 Å². The van der Waals surface area contributed by atoms with Gasteiger partial charge in [-0.1, -0.05) is 38.3 Å². The van der Waals surface area contributed by atoms with E-state index in [1.54, 1.807) is 5.57 Å². The Bertz CT molecular complexity index is 167. The van der Waals surface area contributed by atoms with E-state index in [2.05, 4.69) is 26.8 Å². The van der Waals surface area contributed by atoms with Crippen LogP contribution >= 0.6 is 0 Å². The lowest BCUT2D eigenvalue weighted by atomic mass is 9.92. The molecule has 0 nitrogen and oxygen atoms in total. The van der Waals surface area contributed by atoms with Gasteiger partial charge in [-0.15, -0.1) is 0 Å². The number of allylic oxidation sites excluding steroid dienone is 2. The summed E-state index contributed by atoms with van der Waals surface area (Å²) in [4.78, 5) is 0. The van der Waals surface area contributed by atoms with Crippen LogP contribution in [0.5, 0.6) is 0 Å². The zero-order chi connectivity index (χ0) is 9.68. The third kappa shape index (κ3) is 3.17. The van der Waals surface area contributed by atoms with Crippen molar-refractivity contribution in [2.75, 3.05) is 0 Å². The summed E-state index contributed by atoms with van der Waals surface area (Å²) in [5, 5.41) is 0. The molecule has 76 valence electrons. The summed E-state index contributed by atoms with van der Waals surface area (Å²) in [7, 11) is 0. The lowest BCUT2D eigenvalue weighted by molar-refractivity contribution is 0.439. The van der Waals surface area contributed by atoms with Gasteiger partial charge in [-0.2, -0.15) is 0 Å². The van der Waals surface area contributed by atoms with Crippen molar-refractivity contribution < 1.29 is 0 Å². The van der Waals surface area contributed by atoms with Crippen molar-refractivity contribution in [3.05, 3.63) is 11.6 Å². The third-order valence-corrected chi connectivity index (χ3v) is 3.62. The van der Waals surface area contributed by atoms with E-state index in [9.17, 15) is 0 Å². The Balaban J connectivity index is 2.28. The van der Waals surface area contributed by atoms with Crippen molar-refractivity contribution in [1.82, 2.24) is 0 Å². The molecular weight excluding hydrogens is 156 g/mol. The summed E-state index contributed by atoms with van der Waals surface area (Å²) in [6.07, 6.45) is 10.8. The Labute approximate surface area is 83.4 Å². The predicted octanol–water partition coefficient (Wildman–Crippen LogP) is 4.56. The zero-order valence-electron chi connectivity index (χ0n) is 9.47. The maximum absolute atomic E-state index is 2.38. The van der Waals surface area contributed by atoms with E-state index in [0.29, 0.717) is 0 Å². The molecule has 0 aromatic heterocycles. The van der Waals surface area contributed by atoms with E-state index in [1.165, 1.54) is 38.5 Å². The monoisotopic (exact) mass is 180 g/mol. The van der Waals surface area contributed by atoms with Crippen LogP contribution in [0.2, 0.25) is 0 Å². The molecule has 1 saturated carbocycles. The van der Waals surface area contributed by atoms with Crippen LogP contribution in [0.3, 0.4) is 0 Å². The van der Waals surface area contributed by atoms with Crippen molar-refractivity contribution >= 4 is 0 Å². The van der Waals surface area contributed by atoms with Gasteiger partial charge < -0.3 is 0 Å². The van der Waals surface area contributed by atoms with Crippen LogP contribution in [-0.4, -0.2) is 0 Å². The maximum Gasteiger partial charge on any atom is -0.0203 e. The van der Waals surface area contributed by atoms with Gasteiger partial charge in [0, 0.05) is 0 Å². The number of rotatable bonds is 4. The highest BCUT2D eigenvalue weighted by Gasteiger charge is 2.19. The topological polar surface area (TPSA) is 0 Å². The molecule has 0 saturated heterocycles. The fourth-order valence-electron chi connectivity index (χ4n) is 2.34. The first-order chi connectivity index (χ1) is 6.27. The largest absolute Gasteiger partial charge is 0.0882 e. The normalized spacial score (nSPS) is 28.2. The Morgan fingerprint density at radius 1 is 1.54 bits per heavy atom. The molecule has 0 N–H and O–H groups in total. The second kappa shape index (κ2) is 5.47. The molecule has 0 spiro atoms. The second-order valence-electron chi connectivity index (χ2n) is 4.54. The number of hydrogen-bond acceptors (Lipinski definition) is 0. The quantitative estimate of drug-likeness (QED) is 0.556. The molecule has 0 amide bonds. The fourth-order valence-corrected chi connectivity index (χ4v) is 2.34. The zero-order valence-corrected chi connectivity index (χ0v) is 9.47. The minimum Gasteiger partial charge on any atom is -0.0882 e. The molecule has 0 aromatic rings. The van der Waals surface area contributed by atoms with Gasteiger partial charge in [-0.25, -0.2) is 0 Å². The van der Waals surface area contributed by atoms with Gasteiger partial charge in [0.05, 0.1) is 0 Å². The highest BCUT2D eigenvalue weighted by atomic mass is 14.2. The first kappa shape index (κ1) is 10.8. The molecule has 1 fully saturated rings. The summed E-state index contributed by atoms with van der Waals surface area (Å²) < 4.78 is 0. The molecular formula is C13H24. The van der Waals surface area contributed by atoms with Crippen molar-refractivity contribution in [2.24, 2.45) is 11.8 Å². The summed E-state index contributed by atoms with van der Waals surface area (Å²) in [5.41, 5.74) is 1.74. The molecule has 1 aliphatic rings. The third-order valence-electron chi connectivity index (χ3n) is 3.62. The van der Waals surface area contributed by atoms with Crippen LogP contribution in [0.15, 0.2) is 11.6 Å². The lowest BCUT2D eigenvalue weighted by Crippen LogP contribution is -2.00. The Kier molecular flexibility index (Phi) is 4.55. The summed E-state index contributed by atoms with van der Waals surface area (Å²) in [6, 6.07) is 0. The molecule has 13 heavy (non-hydrogen) atoms. The molecule has 0 heterocycles. The van der Waals surface area contributed by atoms with Crippen LogP contribution in [0.4, 0.5) is 0 Å². The van der Waals surface area contributed by atoms with Gasteiger partial charge in [0.2, 0.25) is 0 Å². The molecule has 0 bridgehead atoms. The molecule has 0 heteroatoms. The molecule has 1 aliphatic carbocycles. The van der Waals surface area contributed by atoms with Gasteiger partial charge in [0.1, 0.15) is 0 Å². The first-order valence-electron chi connectivity index (χ1n) is 5.93. The van der Waals surface area contributed by atoms with Crippen molar-refractivity contribution in [3.8, 4) is 0 Å². The van der Waals surface area contributed by atoms with Crippen LogP contribution < -0.4 is 0 Å². The van der Waals surface area contributed by atoms with Gasteiger partial charge in [-0.3, -0.25) is 0 Å². The molecule has 0 aromatic carbocycles. The smallest absolute Gasteiger partial charge is 0.0203 e. The SMILES string of the molecule is CC=C1CCCC1CCC(C)CC. The molecule has 1 rings (SSSR count). The average molecular weight is 180 g/mol. The minimum atomic E-state index is 0.929. The summed E-state index contributed by atoms with van der Waals surface area (Å²) in [6.45, 7) is 6.89. The van der Waals surface area contributed by atoms with E-state index in [-0.39, 0.29) is 0 Å². The lowest BCUT2D eigenvalue weighted by Gasteiger charge is -2.14. The van der Waals surface area contributed by atoms with Gasteiger partial charge in [0.15, 0.2) is 0 Å². The van der Waals surface area contributed by atoms with E-state index >= 15 is 0 Å². The van der Waals surface area contributed by atoms with Crippen molar-refractivity contribution in [3.63, 3.8) is 0 Å². The Hall–Kier alpha value is -0.260. The maximum atomic E-state index is 2.38. The highest BCUT2D eigenvalue weighted by molar-refractivity contribution is 5.09. The van der Waals surface area contributed by atoms with Crippen molar-refractivity contribution in [2.45, 2.75) is 59.3 Å². The second-order valence-corrected chi connectivity index (χ2v) is 4.54. The first-order valence-corrected chi connectivity index (χ1v) is 5.93. The van der Waals surface area contributed by atoms with E-state index < -0.39 is 0 Å². The van der Waals surface area contributed by atoms with Crippen LogP contribution in [0, 0.1) is 11.8 Å². The van der Waals surface area contributed by atoms with E-state index in [0.717, 1.165) is 11.8 Å². The highest BCUT2D eigenvalue weighted by Crippen LogP contribution is 2.35. The van der Waals surface area contributed by atoms with Gasteiger partial charge in [0.25, 0.3) is 0 Å². The number of hydrogen-bond donors (Lipinski definition) is 0. The molecule has 2 unspecified atom stereocenters. The summed E-state index contributed by atoms with van der Waals surface area (Å²) in [5.74, 6) is 1.87. The minimum absolute atomic E-state index is 0.929. The average Bonchev–Trinajstić information content (AvgIpc) is 2.61. The predicted molar refractivity (Wildman–Crippen MR) is 59.8 cm³/mol. The van der Waals surface area contributed by atoms with Crippen LogP contribution in [-0.2, 0) is 0 Å². The van der Waals surface area contributed by atoms with Crippen molar-refractivity contribution in [1.29, 1.82) is 0 Å². The van der Waals surface area contributed by atoms with Crippen LogP contribution in [0.25, 0.3) is 0 Å². The van der Waals surface area contributed by atoms with Crippen LogP contribution in [0.1, 0.15) is 59.3 Å². The summed E-state index contributed by atoms with van der Waals surface area (Å²) >= 11 is 0. The van der Waals surface area contributed by atoms with Gasteiger partial charge >= 0.3 is 0 Å². The molecule has 2 atom stereocenters. The molecule has 0 aliphatic heterocycles. The fraction of sp³-hybridized carbons (Fsp3) is 0.846. The molecule has 0 radical (unpaired) electrons. The Morgan fingerprint density at radius 3 is 2.92 bits per heavy atom. The van der Waals surface area contributed by atoms with E-state index in [4.69, 9.17) is 0 Å². The Morgan fingerprint density at radius 2 is 2.31 bits per heavy atom. The van der Waals surface area contributed by atoms with Gasteiger partial charge in [-0.05, 0) is 44.4 Å². The standard InChI is InChI=1S/C13H24/c1-4-11(3)9-10-13-8-6-7-12(13)5-2/h5,11,13H,4,6-10H2,1-3H3.